The predicted octanol–water partition coefficient (Wildman–Crippen LogP) is 3.18. The fraction of sp³-hybridized carbons (Fsp3) is 0.478. The average Bonchev–Trinajstić information content (AvgIpc) is 3.27. The molecule has 30 heavy (non-hydrogen) atoms. The van der Waals surface area contributed by atoms with E-state index in [4.69, 9.17) is 13.9 Å². The topological polar surface area (TPSA) is 81.0 Å². The third-order valence-corrected chi connectivity index (χ3v) is 5.61. The molecule has 7 nitrogen and oxygen atoms in total. The van der Waals surface area contributed by atoms with Crippen LogP contribution >= 0.6 is 0 Å². The summed E-state index contributed by atoms with van der Waals surface area (Å²) in [5.41, 5.74) is 2.02. The van der Waals surface area contributed by atoms with Gasteiger partial charge in [-0.2, -0.15) is 0 Å². The van der Waals surface area contributed by atoms with Gasteiger partial charge in [-0.1, -0.05) is 6.07 Å². The Bertz CT molecular complexity index is 920. The fourth-order valence-corrected chi connectivity index (χ4v) is 3.95. The van der Waals surface area contributed by atoms with Gasteiger partial charge >= 0.3 is 0 Å². The largest absolute Gasteiger partial charge is 0.493 e. The van der Waals surface area contributed by atoms with Crippen LogP contribution in [0.2, 0.25) is 0 Å². The van der Waals surface area contributed by atoms with E-state index in [-0.39, 0.29) is 30.2 Å². The first-order chi connectivity index (χ1) is 14.3. The summed E-state index contributed by atoms with van der Waals surface area (Å²) in [5.74, 6) is 2.55. The molecule has 1 aliphatic rings. The molecule has 1 aliphatic heterocycles. The summed E-state index contributed by atoms with van der Waals surface area (Å²) in [4.78, 5) is 26.9. The van der Waals surface area contributed by atoms with E-state index in [9.17, 15) is 9.59 Å². The lowest BCUT2D eigenvalue weighted by Gasteiger charge is -2.18. The van der Waals surface area contributed by atoms with Crippen LogP contribution in [0.1, 0.15) is 42.0 Å². The van der Waals surface area contributed by atoms with Crippen LogP contribution < -0.4 is 14.8 Å². The molecule has 2 heterocycles. The molecule has 2 atom stereocenters. The van der Waals surface area contributed by atoms with Gasteiger partial charge in [0.05, 0.1) is 26.2 Å². The van der Waals surface area contributed by atoms with Crippen molar-refractivity contribution < 1.29 is 23.5 Å². The first-order valence-electron chi connectivity index (χ1n) is 10.2. The number of likely N-dealkylation sites (tertiary alicyclic amines) is 1. The Balaban J connectivity index is 1.55. The minimum absolute atomic E-state index is 0.0126. The number of nitrogens with zero attached hydrogens (tertiary/aromatic N) is 1. The highest BCUT2D eigenvalue weighted by Crippen LogP contribution is 2.28. The van der Waals surface area contributed by atoms with Crippen molar-refractivity contribution in [3.8, 4) is 11.5 Å². The number of carbonyl (C=O) groups is 2. The van der Waals surface area contributed by atoms with Gasteiger partial charge in [-0.05, 0) is 51.0 Å². The number of aryl methyl sites for hydroxylation is 2. The zero-order valence-corrected chi connectivity index (χ0v) is 18.3. The lowest BCUT2D eigenvalue weighted by Crippen LogP contribution is -2.35. The first-order valence-corrected chi connectivity index (χ1v) is 10.2. The van der Waals surface area contributed by atoms with Crippen molar-refractivity contribution in [2.75, 3.05) is 27.3 Å². The maximum absolute atomic E-state index is 12.7. The van der Waals surface area contributed by atoms with Crippen LogP contribution in [0.15, 0.2) is 28.7 Å². The van der Waals surface area contributed by atoms with Crippen molar-refractivity contribution in [3.05, 3.63) is 46.9 Å². The number of hydrogen-bond donors (Lipinski definition) is 1. The molecule has 2 aromatic rings. The molecule has 1 saturated heterocycles. The van der Waals surface area contributed by atoms with E-state index in [1.807, 2.05) is 45.0 Å². The molecule has 1 fully saturated rings. The maximum Gasteiger partial charge on any atom is 0.225 e. The molecule has 1 aromatic carbocycles. The molecule has 3 rings (SSSR count). The van der Waals surface area contributed by atoms with Crippen molar-refractivity contribution in [1.29, 1.82) is 0 Å². The molecule has 7 heteroatoms. The minimum atomic E-state index is -0.335. The monoisotopic (exact) mass is 414 g/mol. The van der Waals surface area contributed by atoms with Gasteiger partial charge in [0.15, 0.2) is 11.5 Å². The SMILES string of the molecule is COc1ccc(CCN2CC(C(=O)NC(C)c3cc(C)oc3C)CC2=O)cc1OC. The summed E-state index contributed by atoms with van der Waals surface area (Å²) < 4.78 is 16.1. The Morgan fingerprint density at radius 2 is 1.97 bits per heavy atom. The van der Waals surface area contributed by atoms with Crippen LogP contribution in [0, 0.1) is 19.8 Å². The molecule has 162 valence electrons. The van der Waals surface area contributed by atoms with Gasteiger partial charge in [0.1, 0.15) is 11.5 Å². The number of furan rings is 1. The fourth-order valence-electron chi connectivity index (χ4n) is 3.95. The van der Waals surface area contributed by atoms with Crippen LogP contribution in [0.4, 0.5) is 0 Å². The summed E-state index contributed by atoms with van der Waals surface area (Å²) in [6.07, 6.45) is 0.929. The van der Waals surface area contributed by atoms with Crippen molar-refractivity contribution >= 4 is 11.8 Å². The normalized spacial score (nSPS) is 17.2. The minimum Gasteiger partial charge on any atom is -0.493 e. The molecule has 0 spiro atoms. The second-order valence-electron chi connectivity index (χ2n) is 7.78. The number of nitrogens with one attached hydrogen (secondary N) is 1. The van der Waals surface area contributed by atoms with Crippen LogP contribution in [0.3, 0.4) is 0 Å². The quantitative estimate of drug-likeness (QED) is 0.718. The number of rotatable bonds is 8. The lowest BCUT2D eigenvalue weighted by atomic mass is 10.1. The van der Waals surface area contributed by atoms with Crippen molar-refractivity contribution in [3.63, 3.8) is 0 Å². The predicted molar refractivity (Wildman–Crippen MR) is 113 cm³/mol. The molecule has 0 aliphatic carbocycles. The summed E-state index contributed by atoms with van der Waals surface area (Å²) in [6.45, 7) is 6.71. The van der Waals surface area contributed by atoms with Gasteiger partial charge in [0, 0.05) is 25.1 Å². The summed E-state index contributed by atoms with van der Waals surface area (Å²) in [5, 5.41) is 3.03. The highest BCUT2D eigenvalue weighted by Gasteiger charge is 2.34. The molecular weight excluding hydrogens is 384 g/mol. The van der Waals surface area contributed by atoms with Crippen LogP contribution in [0.5, 0.6) is 11.5 Å². The molecule has 0 saturated carbocycles. The van der Waals surface area contributed by atoms with Gasteiger partial charge in [-0.25, -0.2) is 0 Å². The van der Waals surface area contributed by atoms with Gasteiger partial charge in [-0.15, -0.1) is 0 Å². The van der Waals surface area contributed by atoms with Crippen LogP contribution in [-0.2, 0) is 16.0 Å². The summed E-state index contributed by atoms with van der Waals surface area (Å²) >= 11 is 0. The van der Waals surface area contributed by atoms with Crippen molar-refractivity contribution in [1.82, 2.24) is 10.2 Å². The van der Waals surface area contributed by atoms with Crippen molar-refractivity contribution in [2.24, 2.45) is 5.92 Å². The lowest BCUT2D eigenvalue weighted by molar-refractivity contribution is -0.129. The van der Waals surface area contributed by atoms with E-state index in [0.717, 1.165) is 22.6 Å². The maximum atomic E-state index is 12.7. The Morgan fingerprint density at radius 3 is 2.60 bits per heavy atom. The van der Waals surface area contributed by atoms with E-state index >= 15 is 0 Å². The number of methoxy groups -OCH3 is 2. The van der Waals surface area contributed by atoms with Crippen molar-refractivity contribution in [2.45, 2.75) is 39.7 Å². The van der Waals surface area contributed by atoms with Gasteiger partial charge in [0.25, 0.3) is 0 Å². The second kappa shape index (κ2) is 9.24. The summed E-state index contributed by atoms with van der Waals surface area (Å²) in [6, 6.07) is 7.52. The Kier molecular flexibility index (Phi) is 6.70. The standard InChI is InChI=1S/C23H30N2O5/c1-14-10-19(16(3)30-14)15(2)24-23(27)18-12-22(26)25(13-18)9-8-17-6-7-20(28-4)21(11-17)29-5/h6-7,10-11,15,18H,8-9,12-13H2,1-5H3,(H,24,27). The van der Waals surface area contributed by atoms with Crippen LogP contribution in [-0.4, -0.2) is 44.0 Å². The number of benzene rings is 1. The molecule has 1 aromatic heterocycles. The first kappa shape index (κ1) is 21.7. The zero-order chi connectivity index (χ0) is 21.8. The molecular formula is C23H30N2O5. The van der Waals surface area contributed by atoms with Gasteiger partial charge in [-0.3, -0.25) is 9.59 Å². The third-order valence-electron chi connectivity index (χ3n) is 5.61. The molecule has 0 bridgehead atoms. The molecule has 0 radical (unpaired) electrons. The van der Waals surface area contributed by atoms with E-state index in [1.165, 1.54) is 0 Å². The molecule has 2 unspecified atom stereocenters. The molecule has 2 amide bonds. The number of carbonyl (C=O) groups excluding carboxylic acids is 2. The Labute approximate surface area is 177 Å². The van der Waals surface area contributed by atoms with E-state index < -0.39 is 0 Å². The number of hydrogen-bond acceptors (Lipinski definition) is 5. The average molecular weight is 415 g/mol. The van der Waals surface area contributed by atoms with Crippen LogP contribution in [0.25, 0.3) is 0 Å². The van der Waals surface area contributed by atoms with Gasteiger partial charge in [0.2, 0.25) is 11.8 Å². The van der Waals surface area contributed by atoms with E-state index in [2.05, 4.69) is 5.32 Å². The zero-order valence-electron chi connectivity index (χ0n) is 18.3. The molecule has 1 N–H and O–H groups in total. The highest BCUT2D eigenvalue weighted by atomic mass is 16.5. The number of amides is 2. The van der Waals surface area contributed by atoms with Gasteiger partial charge < -0.3 is 24.1 Å². The third kappa shape index (κ3) is 4.78. The van der Waals surface area contributed by atoms with E-state index in [0.29, 0.717) is 31.0 Å². The summed E-state index contributed by atoms with van der Waals surface area (Å²) in [7, 11) is 3.20. The second-order valence-corrected chi connectivity index (χ2v) is 7.78. The Morgan fingerprint density at radius 1 is 1.23 bits per heavy atom. The smallest absolute Gasteiger partial charge is 0.225 e. The number of ether oxygens (including phenoxy) is 2. The van der Waals surface area contributed by atoms with E-state index in [1.54, 1.807) is 19.1 Å². The Hall–Kier alpha value is -2.96. The highest BCUT2D eigenvalue weighted by molar-refractivity contribution is 5.89.